The Balaban J connectivity index is 1.54. The highest BCUT2D eigenvalue weighted by Gasteiger charge is 2.21. The summed E-state index contributed by atoms with van der Waals surface area (Å²) in [5, 5.41) is 5.61. The number of hydrogen-bond acceptors (Lipinski definition) is 5. The number of nitrogens with one attached hydrogen (secondary N) is 2. The van der Waals surface area contributed by atoms with E-state index in [2.05, 4.69) is 15.4 Å². The van der Waals surface area contributed by atoms with Crippen LogP contribution >= 0.6 is 11.8 Å². The number of amides is 1. The van der Waals surface area contributed by atoms with Crippen LogP contribution in [0.3, 0.4) is 0 Å². The van der Waals surface area contributed by atoms with Crippen molar-refractivity contribution in [2.45, 2.75) is 12.5 Å². The number of aromatic nitrogens is 3. The summed E-state index contributed by atoms with van der Waals surface area (Å²) in [6.45, 7) is 0. The first-order valence-electron chi connectivity index (χ1n) is 8.59. The molecule has 8 heteroatoms. The van der Waals surface area contributed by atoms with Gasteiger partial charge in [-0.1, -0.05) is 18.2 Å². The van der Waals surface area contributed by atoms with Crippen molar-refractivity contribution in [3.8, 4) is 11.6 Å². The van der Waals surface area contributed by atoms with Gasteiger partial charge in [-0.25, -0.2) is 9.67 Å². The Morgan fingerprint density at radius 3 is 2.89 bits per heavy atom. The summed E-state index contributed by atoms with van der Waals surface area (Å²) >= 11 is 1.82. The molecule has 1 unspecified atom stereocenters. The third kappa shape index (κ3) is 3.90. The summed E-state index contributed by atoms with van der Waals surface area (Å²) in [7, 11) is 0. The number of rotatable bonds is 5. The highest BCUT2D eigenvalue weighted by atomic mass is 32.2. The van der Waals surface area contributed by atoms with Gasteiger partial charge >= 0.3 is 0 Å². The fourth-order valence-electron chi connectivity index (χ4n) is 2.84. The molecular weight excluding hydrogens is 364 g/mol. The molecule has 2 N–H and O–H groups in total. The fraction of sp³-hybridized carbons (Fsp3) is 0.211. The molecule has 3 aromatic rings. The Morgan fingerprint density at radius 1 is 1.26 bits per heavy atom. The van der Waals surface area contributed by atoms with E-state index in [1.165, 1.54) is 10.7 Å². The van der Waals surface area contributed by atoms with Crippen molar-refractivity contribution in [1.82, 2.24) is 14.8 Å². The van der Waals surface area contributed by atoms with Crippen molar-refractivity contribution < 1.29 is 9.53 Å². The molecular formula is C19H18N4O3S. The monoisotopic (exact) mass is 382 g/mol. The van der Waals surface area contributed by atoms with Crippen LogP contribution in [0.2, 0.25) is 0 Å². The van der Waals surface area contributed by atoms with Gasteiger partial charge in [-0.2, -0.15) is 11.8 Å². The molecule has 1 aliphatic rings. The molecule has 7 nitrogen and oxygen atoms in total. The van der Waals surface area contributed by atoms with Gasteiger partial charge in [-0.3, -0.25) is 14.7 Å². The number of para-hydroxylation sites is 1. The number of nitrogens with zero attached hydrogens (tertiary/aromatic N) is 2. The van der Waals surface area contributed by atoms with Crippen LogP contribution in [0.15, 0.2) is 59.5 Å². The Kier molecular flexibility index (Phi) is 4.97. The van der Waals surface area contributed by atoms with Crippen LogP contribution in [-0.2, 0) is 0 Å². The SMILES string of the molecule is O=C(Nc1cc(=O)n(-c2ccccc2)[nH]1)c1cccnc1OC1CCSC1. The van der Waals surface area contributed by atoms with Crippen LogP contribution in [0.4, 0.5) is 5.82 Å². The summed E-state index contributed by atoms with van der Waals surface area (Å²) in [4.78, 5) is 29.1. The Bertz CT molecular complexity index is 993. The third-order valence-corrected chi connectivity index (χ3v) is 5.30. The van der Waals surface area contributed by atoms with Crippen molar-refractivity contribution in [3.05, 3.63) is 70.6 Å². The van der Waals surface area contributed by atoms with Crippen LogP contribution in [-0.4, -0.2) is 38.3 Å². The smallest absolute Gasteiger partial charge is 0.273 e. The lowest BCUT2D eigenvalue weighted by molar-refractivity contribution is 0.101. The molecule has 0 radical (unpaired) electrons. The van der Waals surface area contributed by atoms with E-state index in [0.29, 0.717) is 22.9 Å². The molecule has 27 heavy (non-hydrogen) atoms. The first kappa shape index (κ1) is 17.4. The molecule has 1 amide bonds. The molecule has 1 fully saturated rings. The molecule has 1 saturated heterocycles. The van der Waals surface area contributed by atoms with E-state index in [9.17, 15) is 9.59 Å². The largest absolute Gasteiger partial charge is 0.473 e. The van der Waals surface area contributed by atoms with Gasteiger partial charge in [0.1, 0.15) is 17.5 Å². The van der Waals surface area contributed by atoms with Gasteiger partial charge in [0.2, 0.25) is 5.88 Å². The highest BCUT2D eigenvalue weighted by molar-refractivity contribution is 7.99. The van der Waals surface area contributed by atoms with Crippen LogP contribution in [0.25, 0.3) is 5.69 Å². The maximum absolute atomic E-state index is 12.7. The zero-order valence-electron chi connectivity index (χ0n) is 14.4. The number of anilines is 1. The Morgan fingerprint density at radius 2 is 2.11 bits per heavy atom. The van der Waals surface area contributed by atoms with Gasteiger partial charge in [-0.15, -0.1) is 0 Å². The maximum atomic E-state index is 12.7. The third-order valence-electron chi connectivity index (χ3n) is 4.17. The average molecular weight is 382 g/mol. The van der Waals surface area contributed by atoms with Crippen LogP contribution in [0.5, 0.6) is 5.88 Å². The maximum Gasteiger partial charge on any atom is 0.273 e. The minimum absolute atomic E-state index is 0.0652. The summed E-state index contributed by atoms with van der Waals surface area (Å²) < 4.78 is 7.26. The van der Waals surface area contributed by atoms with Crippen molar-refractivity contribution in [2.24, 2.45) is 0 Å². The number of H-pyrrole nitrogens is 1. The summed E-state index contributed by atoms with van der Waals surface area (Å²) in [5.41, 5.74) is 0.761. The van der Waals surface area contributed by atoms with Gasteiger partial charge in [0.05, 0.1) is 5.69 Å². The first-order chi connectivity index (χ1) is 13.2. The lowest BCUT2D eigenvalue weighted by Crippen LogP contribution is -2.20. The van der Waals surface area contributed by atoms with Crippen LogP contribution < -0.4 is 15.6 Å². The minimum atomic E-state index is -0.384. The molecule has 1 atom stereocenters. The normalized spacial score (nSPS) is 16.2. The molecule has 0 spiro atoms. The predicted octanol–water partition coefficient (Wildman–Crippen LogP) is 2.70. The molecule has 3 heterocycles. The first-order valence-corrected chi connectivity index (χ1v) is 9.74. The number of benzene rings is 1. The number of carbonyl (C=O) groups is 1. The fourth-order valence-corrected chi connectivity index (χ4v) is 3.93. The zero-order valence-corrected chi connectivity index (χ0v) is 15.2. The molecule has 138 valence electrons. The number of thioether (sulfide) groups is 1. The standard InChI is InChI=1S/C19H18N4O3S/c24-17-11-16(22-23(17)13-5-2-1-3-6-13)21-18(25)15-7-4-9-20-19(15)26-14-8-10-27-12-14/h1-7,9,11,14,22H,8,10,12H2,(H,21,25). The van der Waals surface area contributed by atoms with Crippen molar-refractivity contribution in [2.75, 3.05) is 16.8 Å². The summed E-state index contributed by atoms with van der Waals surface area (Å²) in [6.07, 6.45) is 2.60. The zero-order chi connectivity index (χ0) is 18.6. The van der Waals surface area contributed by atoms with Gasteiger partial charge < -0.3 is 10.1 Å². The lowest BCUT2D eigenvalue weighted by atomic mass is 10.2. The molecule has 2 aromatic heterocycles. The summed E-state index contributed by atoms with van der Waals surface area (Å²) in [5.74, 6) is 2.18. The molecule has 0 bridgehead atoms. The Labute approximate surface area is 159 Å². The van der Waals surface area contributed by atoms with E-state index in [4.69, 9.17) is 4.74 Å². The highest BCUT2D eigenvalue weighted by Crippen LogP contribution is 2.24. The number of carbonyl (C=O) groups excluding carboxylic acids is 1. The van der Waals surface area contributed by atoms with E-state index < -0.39 is 0 Å². The van der Waals surface area contributed by atoms with E-state index in [1.54, 1.807) is 30.5 Å². The van der Waals surface area contributed by atoms with Gasteiger partial charge in [0.25, 0.3) is 11.5 Å². The van der Waals surface area contributed by atoms with E-state index >= 15 is 0 Å². The molecule has 1 aromatic carbocycles. The molecule has 0 aliphatic carbocycles. The number of pyridine rings is 1. The summed E-state index contributed by atoms with van der Waals surface area (Å²) in [6, 6.07) is 13.8. The van der Waals surface area contributed by atoms with Crippen molar-refractivity contribution in [1.29, 1.82) is 0 Å². The van der Waals surface area contributed by atoms with Crippen molar-refractivity contribution in [3.63, 3.8) is 0 Å². The topological polar surface area (TPSA) is 89.0 Å². The van der Waals surface area contributed by atoms with E-state index in [1.807, 2.05) is 30.0 Å². The van der Waals surface area contributed by atoms with Crippen LogP contribution in [0, 0.1) is 0 Å². The minimum Gasteiger partial charge on any atom is -0.473 e. The Hall–Kier alpha value is -3.00. The molecule has 1 aliphatic heterocycles. The van der Waals surface area contributed by atoms with Crippen LogP contribution in [0.1, 0.15) is 16.8 Å². The lowest BCUT2D eigenvalue weighted by Gasteiger charge is -2.14. The molecule has 0 saturated carbocycles. The number of hydrogen-bond donors (Lipinski definition) is 2. The quantitative estimate of drug-likeness (QED) is 0.708. The number of aromatic amines is 1. The van der Waals surface area contributed by atoms with Gasteiger partial charge in [0, 0.05) is 18.0 Å². The second-order valence-corrected chi connectivity index (χ2v) is 7.24. The second kappa shape index (κ2) is 7.71. The van der Waals surface area contributed by atoms with E-state index in [-0.39, 0.29) is 17.6 Å². The van der Waals surface area contributed by atoms with Gasteiger partial charge in [-0.05, 0) is 36.4 Å². The molecule has 4 rings (SSSR count). The van der Waals surface area contributed by atoms with Crippen molar-refractivity contribution >= 4 is 23.5 Å². The predicted molar refractivity (Wildman–Crippen MR) is 105 cm³/mol. The van der Waals surface area contributed by atoms with E-state index in [0.717, 1.165) is 17.9 Å². The average Bonchev–Trinajstić information content (AvgIpc) is 3.32. The van der Waals surface area contributed by atoms with Gasteiger partial charge in [0.15, 0.2) is 0 Å². The number of ether oxygens (including phenoxy) is 1. The second-order valence-electron chi connectivity index (χ2n) is 6.09.